The molecule has 0 saturated carbocycles. The summed E-state index contributed by atoms with van der Waals surface area (Å²) in [5, 5.41) is 21.3. The third kappa shape index (κ3) is 1.94. The summed E-state index contributed by atoms with van der Waals surface area (Å²) in [6.45, 7) is 1.36. The number of hydrogen-bond donors (Lipinski definition) is 2. The molecular weight excluding hydrogens is 224 g/mol. The summed E-state index contributed by atoms with van der Waals surface area (Å²) < 4.78 is 1.14. The molecule has 0 spiro atoms. The Labute approximate surface area is 90.1 Å². The third-order valence-electron chi connectivity index (χ3n) is 2.02. The highest BCUT2D eigenvalue weighted by molar-refractivity contribution is 6.31. The van der Waals surface area contributed by atoms with Crippen molar-refractivity contribution < 1.29 is 19.8 Å². The van der Waals surface area contributed by atoms with Gasteiger partial charge in [0, 0.05) is 12.6 Å². The summed E-state index contributed by atoms with van der Waals surface area (Å²) in [6, 6.07) is 0. The summed E-state index contributed by atoms with van der Waals surface area (Å²) in [5.41, 5.74) is -0.295. The van der Waals surface area contributed by atoms with Crippen molar-refractivity contribution >= 4 is 23.5 Å². The van der Waals surface area contributed by atoms with Crippen LogP contribution in [0, 0.1) is 0 Å². The zero-order chi connectivity index (χ0) is 11.7. The fourth-order valence-corrected chi connectivity index (χ4v) is 1.48. The number of nitrogens with zero attached hydrogens (tertiary/aromatic N) is 2. The van der Waals surface area contributed by atoms with E-state index >= 15 is 0 Å². The number of carboxylic acids is 2. The second kappa shape index (κ2) is 3.90. The van der Waals surface area contributed by atoms with Crippen LogP contribution in [0.3, 0.4) is 0 Å². The molecule has 1 aromatic rings. The van der Waals surface area contributed by atoms with E-state index < -0.39 is 17.9 Å². The highest BCUT2D eigenvalue weighted by atomic mass is 35.5. The number of aromatic nitrogens is 2. The highest BCUT2D eigenvalue weighted by Gasteiger charge is 2.28. The standard InChI is InChI=1S/C8H9ClN2O4/c1-3(7(12)13)4-5(8(14)15)10-11(2)6(4)9/h3H,1-2H3,(H,12,13)(H,14,15). The van der Waals surface area contributed by atoms with E-state index in [1.807, 2.05) is 0 Å². The van der Waals surface area contributed by atoms with Gasteiger partial charge in [-0.2, -0.15) is 5.10 Å². The Morgan fingerprint density at radius 1 is 1.47 bits per heavy atom. The minimum Gasteiger partial charge on any atom is -0.481 e. The van der Waals surface area contributed by atoms with Crippen LogP contribution < -0.4 is 0 Å². The van der Waals surface area contributed by atoms with Crippen LogP contribution in [0.15, 0.2) is 0 Å². The Kier molecular flexibility index (Phi) is 2.99. The number of aryl methyl sites for hydroxylation is 1. The Morgan fingerprint density at radius 3 is 2.40 bits per heavy atom. The van der Waals surface area contributed by atoms with E-state index in [0.29, 0.717) is 0 Å². The molecule has 0 aliphatic heterocycles. The van der Waals surface area contributed by atoms with Crippen LogP contribution in [-0.4, -0.2) is 31.9 Å². The van der Waals surface area contributed by atoms with Gasteiger partial charge in [0.1, 0.15) is 5.15 Å². The largest absolute Gasteiger partial charge is 0.481 e. The lowest BCUT2D eigenvalue weighted by Gasteiger charge is -2.04. The van der Waals surface area contributed by atoms with E-state index in [4.69, 9.17) is 21.8 Å². The normalized spacial score (nSPS) is 12.5. The molecule has 0 aliphatic carbocycles. The van der Waals surface area contributed by atoms with Gasteiger partial charge in [-0.3, -0.25) is 9.48 Å². The molecule has 0 aromatic carbocycles. The molecule has 0 amide bonds. The van der Waals surface area contributed by atoms with Crippen molar-refractivity contribution in [1.82, 2.24) is 9.78 Å². The number of carboxylic acid groups (broad SMARTS) is 2. The van der Waals surface area contributed by atoms with Crippen molar-refractivity contribution in [1.29, 1.82) is 0 Å². The van der Waals surface area contributed by atoms with Gasteiger partial charge in [-0.25, -0.2) is 4.79 Å². The van der Waals surface area contributed by atoms with Gasteiger partial charge in [0.05, 0.1) is 5.92 Å². The summed E-state index contributed by atoms with van der Waals surface area (Å²) in [4.78, 5) is 21.5. The molecule has 82 valence electrons. The van der Waals surface area contributed by atoms with E-state index in [0.717, 1.165) is 4.68 Å². The van der Waals surface area contributed by atoms with Gasteiger partial charge in [-0.1, -0.05) is 11.6 Å². The summed E-state index contributed by atoms with van der Waals surface area (Å²) in [7, 11) is 1.45. The molecule has 1 unspecified atom stereocenters. The number of aliphatic carboxylic acids is 1. The molecule has 2 N–H and O–H groups in total. The van der Waals surface area contributed by atoms with Crippen molar-refractivity contribution in [3.63, 3.8) is 0 Å². The lowest BCUT2D eigenvalue weighted by molar-refractivity contribution is -0.138. The molecule has 1 aromatic heterocycles. The number of rotatable bonds is 3. The smallest absolute Gasteiger partial charge is 0.356 e. The van der Waals surface area contributed by atoms with Crippen LogP contribution in [-0.2, 0) is 11.8 Å². The van der Waals surface area contributed by atoms with E-state index in [1.165, 1.54) is 14.0 Å². The van der Waals surface area contributed by atoms with Crippen LogP contribution in [0.1, 0.15) is 28.9 Å². The Balaban J connectivity index is 3.37. The molecule has 0 radical (unpaired) electrons. The highest BCUT2D eigenvalue weighted by Crippen LogP contribution is 2.27. The first-order valence-electron chi connectivity index (χ1n) is 4.04. The SMILES string of the molecule is CC(C(=O)O)c1c(C(=O)O)nn(C)c1Cl. The second-order valence-electron chi connectivity index (χ2n) is 3.04. The molecule has 6 nitrogen and oxygen atoms in total. The molecule has 15 heavy (non-hydrogen) atoms. The van der Waals surface area contributed by atoms with Crippen LogP contribution in [0.4, 0.5) is 0 Å². The zero-order valence-corrected chi connectivity index (χ0v) is 8.82. The monoisotopic (exact) mass is 232 g/mol. The fourth-order valence-electron chi connectivity index (χ4n) is 1.18. The molecule has 0 saturated heterocycles. The number of aromatic carboxylic acids is 1. The number of carbonyl (C=O) groups is 2. The Morgan fingerprint density at radius 2 is 2.00 bits per heavy atom. The zero-order valence-electron chi connectivity index (χ0n) is 8.06. The van der Waals surface area contributed by atoms with Crippen molar-refractivity contribution in [2.75, 3.05) is 0 Å². The lowest BCUT2D eigenvalue weighted by atomic mass is 10.0. The molecular formula is C8H9ClN2O4. The van der Waals surface area contributed by atoms with Crippen molar-refractivity contribution in [3.05, 3.63) is 16.4 Å². The van der Waals surface area contributed by atoms with Crippen molar-refractivity contribution in [2.45, 2.75) is 12.8 Å². The van der Waals surface area contributed by atoms with E-state index in [1.54, 1.807) is 0 Å². The number of hydrogen-bond acceptors (Lipinski definition) is 3. The van der Waals surface area contributed by atoms with Gasteiger partial charge < -0.3 is 10.2 Å². The quantitative estimate of drug-likeness (QED) is 0.810. The third-order valence-corrected chi connectivity index (χ3v) is 2.47. The maximum Gasteiger partial charge on any atom is 0.356 e. The van der Waals surface area contributed by atoms with Crippen LogP contribution >= 0.6 is 11.6 Å². The maximum atomic E-state index is 10.8. The summed E-state index contributed by atoms with van der Waals surface area (Å²) in [5.74, 6) is -3.44. The number of halogens is 1. The lowest BCUT2D eigenvalue weighted by Crippen LogP contribution is -2.11. The second-order valence-corrected chi connectivity index (χ2v) is 3.40. The van der Waals surface area contributed by atoms with Crippen LogP contribution in [0.2, 0.25) is 5.15 Å². The van der Waals surface area contributed by atoms with E-state index in [2.05, 4.69) is 5.10 Å². The first-order chi connectivity index (χ1) is 6.86. The van der Waals surface area contributed by atoms with Gasteiger partial charge >= 0.3 is 11.9 Å². The van der Waals surface area contributed by atoms with Crippen molar-refractivity contribution in [3.8, 4) is 0 Å². The average Bonchev–Trinajstić information content (AvgIpc) is 2.42. The van der Waals surface area contributed by atoms with Gasteiger partial charge in [0.2, 0.25) is 0 Å². The van der Waals surface area contributed by atoms with Crippen LogP contribution in [0.5, 0.6) is 0 Å². The average molecular weight is 233 g/mol. The minimum absolute atomic E-state index is 0.0270. The molecule has 0 aliphatic rings. The molecule has 0 bridgehead atoms. The van der Waals surface area contributed by atoms with E-state index in [-0.39, 0.29) is 16.4 Å². The van der Waals surface area contributed by atoms with Gasteiger partial charge in [-0.05, 0) is 6.92 Å². The first-order valence-corrected chi connectivity index (χ1v) is 4.42. The topological polar surface area (TPSA) is 92.4 Å². The molecule has 1 atom stereocenters. The van der Waals surface area contributed by atoms with Crippen molar-refractivity contribution in [2.24, 2.45) is 7.05 Å². The minimum atomic E-state index is -1.29. The van der Waals surface area contributed by atoms with E-state index in [9.17, 15) is 9.59 Å². The van der Waals surface area contributed by atoms with Gasteiger partial charge in [-0.15, -0.1) is 0 Å². The first kappa shape index (κ1) is 11.5. The predicted octanol–water partition coefficient (Wildman–Crippen LogP) is 0.960. The summed E-state index contributed by atoms with van der Waals surface area (Å²) in [6.07, 6.45) is 0. The maximum absolute atomic E-state index is 10.8. The van der Waals surface area contributed by atoms with Crippen LogP contribution in [0.25, 0.3) is 0 Å². The Hall–Kier alpha value is -1.56. The molecule has 1 rings (SSSR count). The van der Waals surface area contributed by atoms with Gasteiger partial charge in [0.15, 0.2) is 5.69 Å². The molecule has 1 heterocycles. The summed E-state index contributed by atoms with van der Waals surface area (Å²) >= 11 is 5.77. The van der Waals surface area contributed by atoms with Gasteiger partial charge in [0.25, 0.3) is 0 Å². The predicted molar refractivity (Wildman–Crippen MR) is 51.2 cm³/mol. The molecule has 7 heteroatoms. The fraction of sp³-hybridized carbons (Fsp3) is 0.375. The molecule has 0 fully saturated rings. The Bertz CT molecular complexity index is 427.